The van der Waals surface area contributed by atoms with Crippen LogP contribution in [0.15, 0.2) is 60.9 Å². The van der Waals surface area contributed by atoms with E-state index in [4.69, 9.17) is 69.6 Å². The summed E-state index contributed by atoms with van der Waals surface area (Å²) in [6, 6.07) is 9.29. The second kappa shape index (κ2) is 15.2. The van der Waals surface area contributed by atoms with Gasteiger partial charge in [-0.05, 0) is 36.1 Å². The molecule has 0 saturated heterocycles. The lowest BCUT2D eigenvalue weighted by molar-refractivity contribution is -0.0456. The van der Waals surface area contributed by atoms with Crippen molar-refractivity contribution in [3.63, 3.8) is 0 Å². The predicted molar refractivity (Wildman–Crippen MR) is 185 cm³/mol. The number of aromatic nitrogens is 2. The number of hydrogen-bond donors (Lipinski definition) is 2. The molecule has 0 aliphatic carbocycles. The fourth-order valence-corrected chi connectivity index (χ4v) is 8.27. The van der Waals surface area contributed by atoms with Gasteiger partial charge in [-0.15, -0.1) is 0 Å². The third kappa shape index (κ3) is 9.41. The van der Waals surface area contributed by atoms with Gasteiger partial charge in [-0.3, -0.25) is 0 Å². The van der Waals surface area contributed by atoms with E-state index in [9.17, 15) is 43.2 Å². The van der Waals surface area contributed by atoms with Crippen molar-refractivity contribution in [2.75, 3.05) is 0 Å². The van der Waals surface area contributed by atoms with Crippen molar-refractivity contribution < 1.29 is 43.2 Å². The zero-order valence-electron chi connectivity index (χ0n) is 25.1. The highest BCUT2D eigenvalue weighted by atomic mass is 35.6. The number of nitrogens with one attached hydrogen (secondary N) is 2. The Morgan fingerprint density at radius 3 is 1.18 bits per heavy atom. The first kappa shape index (κ1) is 41.4. The van der Waals surface area contributed by atoms with Crippen LogP contribution < -0.4 is 9.44 Å². The number of alkyl halides is 12. The van der Waals surface area contributed by atoms with Crippen LogP contribution in [0.3, 0.4) is 0 Å². The molecule has 0 amide bonds. The van der Waals surface area contributed by atoms with Crippen LogP contribution in [-0.4, -0.2) is 44.6 Å². The molecule has 0 radical (unpaired) electrons. The standard InChI is InChI=1S/C28H26Cl6F6N4O4S2/c29-25(30,31)23(41-49(45,46)27(35,36)37)19-15-43(21-11-5-3-9-17(19)21)13-7-1-2-8-14-44-16-20(18-10-4-6-12-22(18)44)24(26(32,33)34)42-50(47,48)28(38,39)40/h3-6,9-12,15-16,23-24,41-42H,1-2,7-8,13-14H2. The number of halogens is 12. The van der Waals surface area contributed by atoms with Crippen LogP contribution in [0.1, 0.15) is 48.9 Å². The van der Waals surface area contributed by atoms with Gasteiger partial charge in [0.2, 0.25) is 7.59 Å². The smallest absolute Gasteiger partial charge is 0.347 e. The maximum Gasteiger partial charge on any atom is 0.511 e. The molecule has 2 atom stereocenters. The molecule has 2 unspecified atom stereocenters. The number of aryl methyl sites for hydroxylation is 2. The maximum atomic E-state index is 13.2. The summed E-state index contributed by atoms with van der Waals surface area (Å²) in [5.41, 5.74) is -10.1. The van der Waals surface area contributed by atoms with Crippen molar-refractivity contribution in [2.24, 2.45) is 0 Å². The van der Waals surface area contributed by atoms with E-state index in [1.165, 1.54) is 21.8 Å². The van der Waals surface area contributed by atoms with Crippen LogP contribution in [-0.2, 0) is 33.1 Å². The minimum Gasteiger partial charge on any atom is -0.347 e. The van der Waals surface area contributed by atoms with Gasteiger partial charge in [-0.25, -0.2) is 16.8 Å². The molecule has 50 heavy (non-hydrogen) atoms. The van der Waals surface area contributed by atoms with Gasteiger partial charge in [-0.2, -0.15) is 35.8 Å². The Bertz CT molecular complexity index is 1900. The average molecular weight is 873 g/mol. The molecule has 2 N–H and O–H groups in total. The number of para-hydroxylation sites is 2. The second-order valence-electron chi connectivity index (χ2n) is 11.1. The van der Waals surface area contributed by atoms with Gasteiger partial charge in [0, 0.05) is 47.3 Å². The lowest BCUT2D eigenvalue weighted by Gasteiger charge is -2.25. The molecule has 278 valence electrons. The molecule has 0 fully saturated rings. The summed E-state index contributed by atoms with van der Waals surface area (Å²) in [6.45, 7) is 0.722. The Kier molecular flexibility index (Phi) is 12.6. The van der Waals surface area contributed by atoms with Crippen molar-refractivity contribution in [1.82, 2.24) is 18.6 Å². The van der Waals surface area contributed by atoms with E-state index < -0.39 is 50.7 Å². The zero-order chi connectivity index (χ0) is 37.5. The van der Waals surface area contributed by atoms with Crippen molar-refractivity contribution in [3.8, 4) is 0 Å². The van der Waals surface area contributed by atoms with E-state index in [1.807, 2.05) is 0 Å². The first-order chi connectivity index (χ1) is 22.9. The largest absolute Gasteiger partial charge is 0.511 e. The van der Waals surface area contributed by atoms with Crippen LogP contribution in [0.25, 0.3) is 21.8 Å². The first-order valence-electron chi connectivity index (χ1n) is 14.3. The summed E-state index contributed by atoms with van der Waals surface area (Å²) in [5, 5.41) is 0.740. The van der Waals surface area contributed by atoms with E-state index in [-0.39, 0.29) is 11.1 Å². The van der Waals surface area contributed by atoms with Gasteiger partial charge in [0.1, 0.15) is 0 Å². The fraction of sp³-hybridized carbons (Fsp3) is 0.429. The first-order valence-corrected chi connectivity index (χ1v) is 19.5. The summed E-state index contributed by atoms with van der Waals surface area (Å²) < 4.78 is 128. The highest BCUT2D eigenvalue weighted by Gasteiger charge is 2.51. The second-order valence-corrected chi connectivity index (χ2v) is 19.2. The van der Waals surface area contributed by atoms with Crippen LogP contribution >= 0.6 is 69.6 Å². The monoisotopic (exact) mass is 870 g/mol. The highest BCUT2D eigenvalue weighted by Crippen LogP contribution is 2.45. The Morgan fingerprint density at radius 1 is 0.560 bits per heavy atom. The quantitative estimate of drug-likeness (QED) is 0.0794. The summed E-state index contributed by atoms with van der Waals surface area (Å²) >= 11 is 35.8. The molecule has 0 bridgehead atoms. The van der Waals surface area contributed by atoms with E-state index in [2.05, 4.69) is 0 Å². The van der Waals surface area contributed by atoms with Crippen molar-refractivity contribution in [2.45, 2.75) is 69.5 Å². The molecule has 2 aromatic heterocycles. The Morgan fingerprint density at radius 2 is 0.880 bits per heavy atom. The molecule has 0 spiro atoms. The summed E-state index contributed by atoms with van der Waals surface area (Å²) in [6.07, 6.45) is 5.28. The molecule has 2 aromatic carbocycles. The minimum atomic E-state index is -5.89. The van der Waals surface area contributed by atoms with Crippen molar-refractivity contribution >= 4 is 111 Å². The third-order valence-electron chi connectivity index (χ3n) is 7.62. The Hall–Kier alpha value is -1.34. The maximum absolute atomic E-state index is 13.2. The molecular weight excluding hydrogens is 847 g/mol. The van der Waals surface area contributed by atoms with E-state index >= 15 is 0 Å². The highest BCUT2D eigenvalue weighted by molar-refractivity contribution is 7.90. The summed E-state index contributed by atoms with van der Waals surface area (Å²) in [7, 11) is -11.8. The number of fused-ring (bicyclic) bond motifs is 2. The van der Waals surface area contributed by atoms with Gasteiger partial charge >= 0.3 is 31.1 Å². The topological polar surface area (TPSA) is 102 Å². The van der Waals surface area contributed by atoms with Gasteiger partial charge in [0.05, 0.1) is 12.1 Å². The van der Waals surface area contributed by atoms with Crippen LogP contribution in [0.2, 0.25) is 0 Å². The summed E-state index contributed by atoms with van der Waals surface area (Å²) in [4.78, 5) is 0. The number of sulfonamides is 2. The number of benzene rings is 2. The van der Waals surface area contributed by atoms with E-state index in [0.717, 1.165) is 0 Å². The molecular formula is C28H26Cl6F6N4O4S2. The molecule has 8 nitrogen and oxygen atoms in total. The van der Waals surface area contributed by atoms with Crippen LogP contribution in [0.5, 0.6) is 0 Å². The van der Waals surface area contributed by atoms with Gasteiger partial charge < -0.3 is 9.13 Å². The van der Waals surface area contributed by atoms with Crippen LogP contribution in [0, 0.1) is 0 Å². The molecule has 0 aliphatic heterocycles. The molecule has 4 aromatic rings. The molecule has 0 saturated carbocycles. The number of hydrogen-bond acceptors (Lipinski definition) is 4. The number of unbranched alkanes of at least 4 members (excludes halogenated alkanes) is 3. The predicted octanol–water partition coefficient (Wildman–Crippen LogP) is 9.56. The fourth-order valence-electron chi connectivity index (χ4n) is 5.36. The SMILES string of the molecule is O=S(=O)(NC(c1cn(CCCCCCn2cc(C(NS(=O)(=O)C(F)(F)F)C(Cl)(Cl)Cl)c3ccccc32)c2ccccc12)C(Cl)(Cl)Cl)C(F)(F)F. The van der Waals surface area contributed by atoms with Gasteiger partial charge in [0.25, 0.3) is 0 Å². The van der Waals surface area contributed by atoms with E-state index in [1.54, 1.807) is 57.7 Å². The van der Waals surface area contributed by atoms with Gasteiger partial charge in [0.15, 0.2) is 0 Å². The Balaban J connectivity index is 1.48. The lowest BCUT2D eigenvalue weighted by Crippen LogP contribution is -2.43. The van der Waals surface area contributed by atoms with Crippen molar-refractivity contribution in [3.05, 3.63) is 72.1 Å². The zero-order valence-corrected chi connectivity index (χ0v) is 31.2. The Labute approximate surface area is 313 Å². The summed E-state index contributed by atoms with van der Waals surface area (Å²) in [5.74, 6) is 0. The lowest BCUT2D eigenvalue weighted by atomic mass is 10.1. The molecule has 2 heterocycles. The van der Waals surface area contributed by atoms with Crippen LogP contribution in [0.4, 0.5) is 26.3 Å². The number of rotatable bonds is 13. The molecule has 22 heteroatoms. The number of nitrogens with zero attached hydrogens (tertiary/aromatic N) is 2. The molecule has 0 aliphatic rings. The molecule has 4 rings (SSSR count). The average Bonchev–Trinajstić information content (AvgIpc) is 3.52. The normalized spacial score (nSPS) is 15.2. The van der Waals surface area contributed by atoms with Crippen molar-refractivity contribution in [1.29, 1.82) is 0 Å². The van der Waals surface area contributed by atoms with Gasteiger partial charge in [-0.1, -0.05) is 119 Å². The minimum absolute atomic E-state index is 0.0226. The van der Waals surface area contributed by atoms with E-state index in [0.29, 0.717) is 60.6 Å². The third-order valence-corrected chi connectivity index (χ3v) is 11.2.